The van der Waals surface area contributed by atoms with E-state index in [1.54, 1.807) is 29.0 Å². The second-order valence-electron chi connectivity index (χ2n) is 6.15. The van der Waals surface area contributed by atoms with Crippen LogP contribution in [0.15, 0.2) is 76.5 Å². The Labute approximate surface area is 171 Å². The number of hydrogen-bond acceptors (Lipinski definition) is 7. The zero-order valence-corrected chi connectivity index (χ0v) is 16.8. The van der Waals surface area contributed by atoms with Gasteiger partial charge in [-0.2, -0.15) is 0 Å². The molecule has 6 rings (SSSR count). The van der Waals surface area contributed by atoms with Gasteiger partial charge in [-0.3, -0.25) is 4.40 Å². The highest BCUT2D eigenvalue weighted by atomic mass is 32.2. The third-order valence-corrected chi connectivity index (χ3v) is 7.37. The van der Waals surface area contributed by atoms with Gasteiger partial charge in [-0.25, -0.2) is 9.97 Å². The van der Waals surface area contributed by atoms with Gasteiger partial charge in [0.05, 0.1) is 15.6 Å². The van der Waals surface area contributed by atoms with E-state index in [0.717, 1.165) is 42.0 Å². The van der Waals surface area contributed by atoms with Crippen molar-refractivity contribution in [2.45, 2.75) is 10.2 Å². The topological polar surface area (TPSA) is 56.0 Å². The Balaban J connectivity index is 1.55. The van der Waals surface area contributed by atoms with Crippen molar-refractivity contribution in [3.8, 4) is 11.1 Å². The molecule has 6 aromatic rings. The van der Waals surface area contributed by atoms with Crippen LogP contribution in [0, 0.1) is 0 Å². The number of nitrogens with zero attached hydrogens (tertiary/aromatic N) is 5. The normalized spacial score (nSPS) is 11.7. The summed E-state index contributed by atoms with van der Waals surface area (Å²) in [4.78, 5) is 10.9. The molecular weight excluding hydrogens is 406 g/mol. The van der Waals surface area contributed by atoms with Gasteiger partial charge in [0.1, 0.15) is 16.2 Å². The van der Waals surface area contributed by atoms with Gasteiger partial charge < -0.3 is 0 Å². The highest BCUT2D eigenvalue weighted by Crippen LogP contribution is 2.40. The first-order chi connectivity index (χ1) is 13.9. The van der Waals surface area contributed by atoms with Gasteiger partial charge >= 0.3 is 0 Å². The molecule has 0 fully saturated rings. The number of benzene rings is 2. The maximum atomic E-state index is 4.59. The Morgan fingerprint density at radius 2 is 1.75 bits per heavy atom. The van der Waals surface area contributed by atoms with Crippen molar-refractivity contribution in [2.24, 2.45) is 0 Å². The average Bonchev–Trinajstić information content (AvgIpc) is 3.43. The van der Waals surface area contributed by atoms with Crippen LogP contribution in [0.25, 0.3) is 36.5 Å². The van der Waals surface area contributed by atoms with Crippen LogP contribution in [0.1, 0.15) is 0 Å². The molecule has 0 aliphatic carbocycles. The van der Waals surface area contributed by atoms with E-state index in [1.165, 1.54) is 16.5 Å². The molecule has 0 N–H and O–H groups in total. The lowest BCUT2D eigenvalue weighted by Gasteiger charge is -2.04. The Morgan fingerprint density at radius 1 is 0.893 bits per heavy atom. The third-order valence-electron chi connectivity index (χ3n) is 4.52. The Bertz CT molecular complexity index is 1450. The standard InChI is InChI=1S/C20H11N5S3/c1-2-6-12(7-3-1)13-10-26-17-16(13)18(22-11-21-17)28-20-24-23-19-25(20)14-8-4-5-9-15(14)27-19/h1-11H. The number of fused-ring (bicyclic) bond motifs is 4. The smallest absolute Gasteiger partial charge is 0.217 e. The quantitative estimate of drug-likeness (QED) is 0.342. The molecule has 0 unspecified atom stereocenters. The minimum atomic E-state index is 0.817. The van der Waals surface area contributed by atoms with Crippen molar-refractivity contribution in [1.29, 1.82) is 0 Å². The van der Waals surface area contributed by atoms with E-state index >= 15 is 0 Å². The van der Waals surface area contributed by atoms with Crippen molar-refractivity contribution < 1.29 is 0 Å². The zero-order chi connectivity index (χ0) is 18.5. The number of rotatable bonds is 3. The van der Waals surface area contributed by atoms with E-state index in [9.17, 15) is 0 Å². The van der Waals surface area contributed by atoms with Crippen LogP contribution in [0.2, 0.25) is 0 Å². The molecular formula is C20H11N5S3. The molecule has 0 aliphatic heterocycles. The van der Waals surface area contributed by atoms with Gasteiger partial charge in [-0.1, -0.05) is 53.8 Å². The first-order valence-corrected chi connectivity index (χ1v) is 11.1. The van der Waals surface area contributed by atoms with Gasteiger partial charge in [0, 0.05) is 10.9 Å². The van der Waals surface area contributed by atoms with Gasteiger partial charge in [0.25, 0.3) is 0 Å². The van der Waals surface area contributed by atoms with Crippen molar-refractivity contribution >= 4 is 59.8 Å². The second kappa shape index (κ2) is 6.37. The molecule has 0 saturated heterocycles. The molecule has 8 heteroatoms. The molecule has 0 aliphatic rings. The summed E-state index contributed by atoms with van der Waals surface area (Å²) in [6, 6.07) is 18.7. The van der Waals surface area contributed by atoms with E-state index < -0.39 is 0 Å². The molecule has 0 saturated carbocycles. The monoisotopic (exact) mass is 417 g/mol. The molecule has 0 amide bonds. The predicted molar refractivity (Wildman–Crippen MR) is 115 cm³/mol. The number of thiazole rings is 1. The molecule has 28 heavy (non-hydrogen) atoms. The zero-order valence-electron chi connectivity index (χ0n) is 14.3. The molecule has 2 aromatic carbocycles. The van der Waals surface area contributed by atoms with Crippen molar-refractivity contribution in [2.75, 3.05) is 0 Å². The fourth-order valence-corrected chi connectivity index (χ4v) is 6.21. The fourth-order valence-electron chi connectivity index (χ4n) is 3.26. The summed E-state index contributed by atoms with van der Waals surface area (Å²) >= 11 is 4.82. The van der Waals surface area contributed by atoms with E-state index in [-0.39, 0.29) is 0 Å². The Hall–Kier alpha value is -2.81. The van der Waals surface area contributed by atoms with Crippen LogP contribution in [-0.2, 0) is 0 Å². The van der Waals surface area contributed by atoms with Crippen LogP contribution in [0.4, 0.5) is 0 Å². The molecule has 134 valence electrons. The fraction of sp³-hybridized carbons (Fsp3) is 0. The minimum absolute atomic E-state index is 0.817. The first kappa shape index (κ1) is 16.2. The summed E-state index contributed by atoms with van der Waals surface area (Å²) in [6.07, 6.45) is 1.62. The van der Waals surface area contributed by atoms with Crippen LogP contribution in [0.5, 0.6) is 0 Å². The summed E-state index contributed by atoms with van der Waals surface area (Å²) in [6.45, 7) is 0. The molecule has 5 nitrogen and oxygen atoms in total. The molecule has 4 aromatic heterocycles. The predicted octanol–water partition coefficient (Wildman–Crippen LogP) is 5.77. The van der Waals surface area contributed by atoms with Crippen molar-refractivity contribution in [3.05, 3.63) is 66.3 Å². The van der Waals surface area contributed by atoms with Crippen LogP contribution in [0.3, 0.4) is 0 Å². The summed E-state index contributed by atoms with van der Waals surface area (Å²) in [5, 5.41) is 13.7. The second-order valence-corrected chi connectivity index (χ2v) is 8.97. The molecule has 0 radical (unpaired) electrons. The Morgan fingerprint density at radius 3 is 2.68 bits per heavy atom. The minimum Gasteiger partial charge on any atom is -0.260 e. The molecule has 0 atom stereocenters. The van der Waals surface area contributed by atoms with Gasteiger partial charge in [0.2, 0.25) is 10.1 Å². The molecule has 0 spiro atoms. The summed E-state index contributed by atoms with van der Waals surface area (Å²) < 4.78 is 3.30. The SMILES string of the molecule is c1ccc(-c2csc3ncnc(Sc4nnc5sc6ccccc6n45)c23)cc1. The molecule has 0 bridgehead atoms. The highest BCUT2D eigenvalue weighted by Gasteiger charge is 2.18. The van der Waals surface area contributed by atoms with Crippen LogP contribution >= 0.6 is 34.4 Å². The van der Waals surface area contributed by atoms with E-state index in [4.69, 9.17) is 0 Å². The first-order valence-electron chi connectivity index (χ1n) is 8.56. The maximum absolute atomic E-state index is 4.59. The van der Waals surface area contributed by atoms with Gasteiger partial charge in [-0.15, -0.1) is 21.5 Å². The van der Waals surface area contributed by atoms with E-state index in [2.05, 4.69) is 66.3 Å². The number of aromatic nitrogens is 5. The maximum Gasteiger partial charge on any atom is 0.217 e. The van der Waals surface area contributed by atoms with Crippen molar-refractivity contribution in [1.82, 2.24) is 24.6 Å². The lowest BCUT2D eigenvalue weighted by molar-refractivity contribution is 0.936. The molecule has 4 heterocycles. The van der Waals surface area contributed by atoms with Crippen molar-refractivity contribution in [3.63, 3.8) is 0 Å². The number of hydrogen-bond donors (Lipinski definition) is 0. The van der Waals surface area contributed by atoms with Crippen LogP contribution in [-0.4, -0.2) is 24.6 Å². The lowest BCUT2D eigenvalue weighted by Crippen LogP contribution is -1.89. The van der Waals surface area contributed by atoms with E-state index in [1.807, 2.05) is 18.2 Å². The third kappa shape index (κ3) is 2.46. The average molecular weight is 418 g/mol. The number of thiophene rings is 1. The number of para-hydroxylation sites is 1. The lowest BCUT2D eigenvalue weighted by atomic mass is 10.1. The summed E-state index contributed by atoms with van der Waals surface area (Å²) in [5.74, 6) is 0. The van der Waals surface area contributed by atoms with Gasteiger partial charge in [-0.05, 0) is 29.5 Å². The van der Waals surface area contributed by atoms with Gasteiger partial charge in [0.15, 0.2) is 0 Å². The summed E-state index contributed by atoms with van der Waals surface area (Å²) in [5.41, 5.74) is 3.44. The largest absolute Gasteiger partial charge is 0.260 e. The van der Waals surface area contributed by atoms with E-state index in [0.29, 0.717) is 0 Å². The Kier molecular flexibility index (Phi) is 3.68. The summed E-state index contributed by atoms with van der Waals surface area (Å²) in [7, 11) is 0. The highest BCUT2D eigenvalue weighted by molar-refractivity contribution is 7.99. The van der Waals surface area contributed by atoms with Crippen LogP contribution < -0.4 is 0 Å².